The highest BCUT2D eigenvalue weighted by Gasteiger charge is 2.43. The molecule has 1 aliphatic heterocycles. The van der Waals surface area contributed by atoms with Gasteiger partial charge in [-0.2, -0.15) is 0 Å². The van der Waals surface area contributed by atoms with Crippen LogP contribution in [0, 0.1) is 5.41 Å². The van der Waals surface area contributed by atoms with Crippen molar-refractivity contribution in [3.05, 3.63) is 0 Å². The predicted octanol–water partition coefficient (Wildman–Crippen LogP) is 1.61. The largest absolute Gasteiger partial charge is 0.385 e. The molecule has 104 valence electrons. The van der Waals surface area contributed by atoms with Gasteiger partial charge in [0, 0.05) is 25.0 Å². The molecule has 0 spiro atoms. The number of carbonyl (C=O) groups excluding carboxylic acids is 1. The van der Waals surface area contributed by atoms with Gasteiger partial charge < -0.3 is 15.2 Å². The maximum absolute atomic E-state index is 12.3. The monoisotopic (exact) mass is 255 g/mol. The van der Waals surface area contributed by atoms with E-state index in [9.17, 15) is 9.90 Å². The van der Waals surface area contributed by atoms with Crippen LogP contribution in [-0.4, -0.2) is 35.9 Å². The van der Waals surface area contributed by atoms with Crippen LogP contribution in [-0.2, 0) is 9.53 Å². The van der Waals surface area contributed by atoms with Crippen molar-refractivity contribution in [3.8, 4) is 0 Å². The van der Waals surface area contributed by atoms with Gasteiger partial charge in [-0.15, -0.1) is 0 Å². The summed E-state index contributed by atoms with van der Waals surface area (Å²) < 4.78 is 5.38. The van der Waals surface area contributed by atoms with Crippen molar-refractivity contribution in [2.24, 2.45) is 5.41 Å². The van der Waals surface area contributed by atoms with Crippen LogP contribution in [0.2, 0.25) is 0 Å². The van der Waals surface area contributed by atoms with E-state index < -0.39 is 5.60 Å². The lowest BCUT2D eigenvalue weighted by atomic mass is 9.82. The van der Waals surface area contributed by atoms with Gasteiger partial charge in [0.1, 0.15) is 5.60 Å². The van der Waals surface area contributed by atoms with Crippen LogP contribution in [0.4, 0.5) is 0 Å². The Kier molecular flexibility index (Phi) is 3.97. The van der Waals surface area contributed by atoms with E-state index in [4.69, 9.17) is 4.74 Å². The number of hydrogen-bond acceptors (Lipinski definition) is 3. The molecule has 2 rings (SSSR count). The van der Waals surface area contributed by atoms with E-state index in [1.165, 1.54) is 0 Å². The van der Waals surface area contributed by atoms with E-state index in [0.717, 1.165) is 32.1 Å². The summed E-state index contributed by atoms with van der Waals surface area (Å²) in [6.45, 7) is 4.84. The summed E-state index contributed by atoms with van der Waals surface area (Å²) in [5, 5.41) is 13.3. The Morgan fingerprint density at radius 2 is 2.06 bits per heavy atom. The predicted molar refractivity (Wildman–Crippen MR) is 69.2 cm³/mol. The van der Waals surface area contributed by atoms with E-state index in [-0.39, 0.29) is 17.4 Å². The Morgan fingerprint density at radius 1 is 1.39 bits per heavy atom. The molecule has 4 nitrogen and oxygen atoms in total. The zero-order valence-corrected chi connectivity index (χ0v) is 11.5. The Labute approximate surface area is 109 Å². The molecule has 2 fully saturated rings. The smallest absolute Gasteiger partial charge is 0.226 e. The Morgan fingerprint density at radius 3 is 2.56 bits per heavy atom. The quantitative estimate of drug-likeness (QED) is 0.802. The average Bonchev–Trinajstić information content (AvgIpc) is 2.96. The Hall–Kier alpha value is -0.610. The van der Waals surface area contributed by atoms with E-state index in [1.54, 1.807) is 0 Å². The molecule has 2 atom stereocenters. The van der Waals surface area contributed by atoms with Crippen molar-refractivity contribution in [1.29, 1.82) is 0 Å². The van der Waals surface area contributed by atoms with Crippen molar-refractivity contribution in [2.75, 3.05) is 13.2 Å². The Bertz CT molecular complexity index is 312. The van der Waals surface area contributed by atoms with Crippen molar-refractivity contribution >= 4 is 5.91 Å². The van der Waals surface area contributed by atoms with Crippen LogP contribution in [0.25, 0.3) is 0 Å². The molecule has 2 unspecified atom stereocenters. The summed E-state index contributed by atoms with van der Waals surface area (Å²) in [6.07, 6.45) is 5.56. The molecule has 0 aromatic rings. The van der Waals surface area contributed by atoms with Crippen LogP contribution < -0.4 is 5.32 Å². The third-order valence-electron chi connectivity index (χ3n) is 4.93. The molecule has 4 heteroatoms. The number of nitrogens with one attached hydrogen (secondary N) is 1. The first kappa shape index (κ1) is 13.8. The Balaban J connectivity index is 1.91. The molecule has 18 heavy (non-hydrogen) atoms. The van der Waals surface area contributed by atoms with Gasteiger partial charge in [0.15, 0.2) is 0 Å². The van der Waals surface area contributed by atoms with Gasteiger partial charge >= 0.3 is 0 Å². The van der Waals surface area contributed by atoms with Gasteiger partial charge in [0.05, 0.1) is 6.10 Å². The van der Waals surface area contributed by atoms with Crippen LogP contribution in [0.5, 0.6) is 0 Å². The highest BCUT2D eigenvalue weighted by Crippen LogP contribution is 2.41. The number of rotatable bonds is 4. The zero-order valence-electron chi connectivity index (χ0n) is 11.5. The van der Waals surface area contributed by atoms with Gasteiger partial charge in [-0.1, -0.05) is 19.8 Å². The number of aliphatic hydroxyl groups is 1. The minimum atomic E-state index is -0.886. The minimum absolute atomic E-state index is 0.120. The van der Waals surface area contributed by atoms with Gasteiger partial charge in [-0.3, -0.25) is 4.79 Å². The van der Waals surface area contributed by atoms with Crippen LogP contribution in [0.15, 0.2) is 0 Å². The molecule has 2 N–H and O–H groups in total. The third kappa shape index (κ3) is 2.41. The highest BCUT2D eigenvalue weighted by atomic mass is 16.5. The van der Waals surface area contributed by atoms with Crippen molar-refractivity contribution < 1.29 is 14.6 Å². The van der Waals surface area contributed by atoms with Crippen molar-refractivity contribution in [1.82, 2.24) is 5.32 Å². The second-order valence-corrected chi connectivity index (χ2v) is 5.89. The van der Waals surface area contributed by atoms with Crippen molar-refractivity contribution in [3.63, 3.8) is 0 Å². The number of hydrogen-bond donors (Lipinski definition) is 2. The van der Waals surface area contributed by atoms with Crippen molar-refractivity contribution in [2.45, 2.75) is 64.1 Å². The summed E-state index contributed by atoms with van der Waals surface area (Å²) in [6, 6.07) is 0. The van der Waals surface area contributed by atoms with E-state index >= 15 is 0 Å². The zero-order chi connectivity index (χ0) is 13.2. The fourth-order valence-corrected chi connectivity index (χ4v) is 3.22. The van der Waals surface area contributed by atoms with E-state index in [1.807, 2.05) is 6.92 Å². The summed E-state index contributed by atoms with van der Waals surface area (Å²) in [4.78, 5) is 12.3. The van der Waals surface area contributed by atoms with E-state index in [0.29, 0.717) is 19.6 Å². The number of ether oxygens (including phenoxy) is 1. The molecule has 0 aromatic heterocycles. The molecular weight excluding hydrogens is 230 g/mol. The summed E-state index contributed by atoms with van der Waals surface area (Å²) in [7, 11) is 0. The first-order valence-electron chi connectivity index (χ1n) is 7.15. The first-order chi connectivity index (χ1) is 8.52. The first-order valence-corrected chi connectivity index (χ1v) is 7.15. The third-order valence-corrected chi connectivity index (χ3v) is 4.93. The topological polar surface area (TPSA) is 58.6 Å². The summed E-state index contributed by atoms with van der Waals surface area (Å²) >= 11 is 0. The second-order valence-electron chi connectivity index (χ2n) is 5.89. The molecule has 2 aliphatic rings. The van der Waals surface area contributed by atoms with Gasteiger partial charge in [-0.05, 0) is 26.2 Å². The SMILES string of the molecule is CCC1(C(=O)NCC2(O)CCOC2C)CCCC1. The van der Waals surface area contributed by atoms with E-state index in [2.05, 4.69) is 12.2 Å². The highest BCUT2D eigenvalue weighted by molar-refractivity contribution is 5.82. The van der Waals surface area contributed by atoms with Crippen LogP contribution in [0.1, 0.15) is 52.4 Å². The van der Waals surface area contributed by atoms with Crippen LogP contribution in [0.3, 0.4) is 0 Å². The fourth-order valence-electron chi connectivity index (χ4n) is 3.22. The fraction of sp³-hybridized carbons (Fsp3) is 0.929. The van der Waals surface area contributed by atoms with Gasteiger partial charge in [0.25, 0.3) is 0 Å². The maximum atomic E-state index is 12.3. The minimum Gasteiger partial charge on any atom is -0.385 e. The molecule has 1 saturated heterocycles. The summed E-state index contributed by atoms with van der Waals surface area (Å²) in [5.74, 6) is 0.120. The molecule has 1 heterocycles. The standard InChI is InChI=1S/C14H25NO3/c1-3-13(6-4-5-7-13)12(16)15-10-14(17)8-9-18-11(14)2/h11,17H,3-10H2,1-2H3,(H,15,16). The molecule has 0 aromatic carbocycles. The molecule has 0 radical (unpaired) electrons. The van der Waals surface area contributed by atoms with Crippen LogP contribution >= 0.6 is 0 Å². The molecular formula is C14H25NO3. The molecule has 1 saturated carbocycles. The van der Waals surface area contributed by atoms with Gasteiger partial charge in [-0.25, -0.2) is 0 Å². The lowest BCUT2D eigenvalue weighted by molar-refractivity contribution is -0.132. The maximum Gasteiger partial charge on any atom is 0.226 e. The number of carbonyl (C=O) groups is 1. The summed E-state index contributed by atoms with van der Waals surface area (Å²) in [5.41, 5.74) is -1.07. The van der Waals surface area contributed by atoms with Gasteiger partial charge in [0.2, 0.25) is 5.91 Å². The molecule has 1 aliphatic carbocycles. The molecule has 1 amide bonds. The lowest BCUT2D eigenvalue weighted by Gasteiger charge is -2.30. The molecule has 0 bridgehead atoms. The normalized spacial score (nSPS) is 34.7. The number of amides is 1. The second kappa shape index (κ2) is 5.17. The average molecular weight is 255 g/mol. The lowest BCUT2D eigenvalue weighted by Crippen LogP contribution is -2.50.